The van der Waals surface area contributed by atoms with Gasteiger partial charge in [-0.1, -0.05) is 6.07 Å². The van der Waals surface area contributed by atoms with Gasteiger partial charge in [0.05, 0.1) is 47.0 Å². The minimum atomic E-state index is -2.49. The molecule has 13 nitrogen and oxygen atoms in total. The standard InChI is InChI=1S/C32H32O13S/c1-37-19-6-13(7-20(38-2)25(19)33)23-14-8-17-18(42-12-41-17)9-15(14)28(16-10-39-30(36)24(16)23)44-32-27(35)26(34)29-21(43-32)11-40-31(45-29)22-4-3-5-46-22/h3-9,16,21,23-24,26-29,31-35H,10-12H2,1-2H3/t16-,21+,23+,24-,26+,27+,28+,29+,31+,32-/m0/s1/i11D2,12D2. The van der Waals surface area contributed by atoms with Crippen LogP contribution in [-0.4, -0.2) is 86.1 Å². The van der Waals surface area contributed by atoms with E-state index in [2.05, 4.69) is 0 Å². The Bertz CT molecular complexity index is 1780. The predicted molar refractivity (Wildman–Crippen MR) is 156 cm³/mol. The molecule has 0 radical (unpaired) electrons. The number of benzene rings is 2. The van der Waals surface area contributed by atoms with Gasteiger partial charge >= 0.3 is 5.97 Å². The number of hydrogen-bond acceptors (Lipinski definition) is 14. The molecule has 0 saturated carbocycles. The third-order valence-corrected chi connectivity index (χ3v) is 9.92. The number of fused-ring (bicyclic) bond motifs is 4. The normalized spacial score (nSPS) is 37.8. The third-order valence-electron chi connectivity index (χ3n) is 9.03. The first kappa shape index (κ1) is 25.5. The lowest BCUT2D eigenvalue weighted by Gasteiger charge is -2.48. The van der Waals surface area contributed by atoms with Crippen LogP contribution in [0, 0.1) is 11.8 Å². The van der Waals surface area contributed by atoms with E-state index in [0.717, 1.165) is 0 Å². The van der Waals surface area contributed by atoms with Crippen LogP contribution in [-0.2, 0) is 28.5 Å². The number of aromatic hydroxyl groups is 1. The van der Waals surface area contributed by atoms with Gasteiger partial charge in [-0.25, -0.2) is 0 Å². The fourth-order valence-electron chi connectivity index (χ4n) is 6.86. The molecule has 244 valence electrons. The molecule has 2 aromatic carbocycles. The van der Waals surface area contributed by atoms with Gasteiger partial charge in [0.2, 0.25) is 12.5 Å². The van der Waals surface area contributed by atoms with Crippen LogP contribution < -0.4 is 18.9 Å². The minimum absolute atomic E-state index is 0.0425. The molecular formula is C32H32O13S. The second-order valence-corrected chi connectivity index (χ2v) is 12.4. The zero-order chi connectivity index (χ0) is 35.3. The summed E-state index contributed by atoms with van der Waals surface area (Å²) in [6.07, 6.45) is -10.2. The number of phenolic OH excluding ortho intramolecular Hbond substituents is 1. The molecule has 10 atom stereocenters. The van der Waals surface area contributed by atoms with E-state index in [-0.39, 0.29) is 35.4 Å². The summed E-state index contributed by atoms with van der Waals surface area (Å²) in [6.45, 7) is -5.11. The zero-order valence-corrected chi connectivity index (χ0v) is 25.2. The van der Waals surface area contributed by atoms with Gasteiger partial charge < -0.3 is 58.0 Å². The summed E-state index contributed by atoms with van der Waals surface area (Å²) in [4.78, 5) is 14.1. The van der Waals surface area contributed by atoms with Gasteiger partial charge in [0.1, 0.15) is 27.2 Å². The number of thiophene rings is 1. The fraction of sp³-hybridized carbons (Fsp3) is 0.469. The van der Waals surface area contributed by atoms with Gasteiger partial charge in [-0.2, -0.15) is 0 Å². The number of phenols is 1. The van der Waals surface area contributed by atoms with Crippen LogP contribution in [0.15, 0.2) is 41.8 Å². The number of cyclic esters (lactones) is 1. The van der Waals surface area contributed by atoms with Crippen molar-refractivity contribution < 1.29 is 68.2 Å². The Morgan fingerprint density at radius 1 is 0.978 bits per heavy atom. The van der Waals surface area contributed by atoms with Gasteiger partial charge in [-0.3, -0.25) is 4.79 Å². The van der Waals surface area contributed by atoms with Crippen LogP contribution in [0.3, 0.4) is 0 Å². The van der Waals surface area contributed by atoms with Crippen molar-refractivity contribution in [2.45, 2.75) is 49.0 Å². The van der Waals surface area contributed by atoms with E-state index in [1.54, 1.807) is 29.6 Å². The van der Waals surface area contributed by atoms with Crippen molar-refractivity contribution in [1.82, 2.24) is 0 Å². The first-order valence-electron chi connectivity index (χ1n) is 16.5. The maximum atomic E-state index is 13.6. The molecule has 3 aromatic rings. The molecule has 5 aliphatic rings. The number of carbonyl (C=O) groups excluding carboxylic acids is 1. The zero-order valence-electron chi connectivity index (χ0n) is 28.4. The molecule has 3 saturated heterocycles. The molecule has 1 aromatic heterocycles. The summed E-state index contributed by atoms with van der Waals surface area (Å²) in [5, 5.41) is 35.0. The van der Waals surface area contributed by atoms with E-state index in [4.69, 9.17) is 48.1 Å². The quantitative estimate of drug-likeness (QED) is 0.332. The summed E-state index contributed by atoms with van der Waals surface area (Å²) >= 11 is 1.27. The molecule has 0 amide bonds. The van der Waals surface area contributed by atoms with Gasteiger partial charge in [0.15, 0.2) is 35.6 Å². The summed E-state index contributed by atoms with van der Waals surface area (Å²) in [5.74, 6) is -3.04. The second-order valence-electron chi connectivity index (χ2n) is 11.4. The topological polar surface area (TPSA) is 161 Å². The highest BCUT2D eigenvalue weighted by Gasteiger charge is 2.56. The second kappa shape index (κ2) is 11.6. The molecule has 3 N–H and O–H groups in total. The lowest BCUT2D eigenvalue weighted by Crippen LogP contribution is -2.62. The van der Waals surface area contributed by atoms with Crippen molar-refractivity contribution in [3.8, 4) is 28.7 Å². The molecule has 5 heterocycles. The van der Waals surface area contributed by atoms with Gasteiger partial charge in [0, 0.05) is 11.8 Å². The molecule has 14 heteroatoms. The number of aliphatic hydroxyl groups is 2. The maximum absolute atomic E-state index is 13.6. The number of hydrogen-bond donors (Lipinski definition) is 3. The van der Waals surface area contributed by atoms with E-state index < -0.39 is 80.1 Å². The Morgan fingerprint density at radius 3 is 2.41 bits per heavy atom. The van der Waals surface area contributed by atoms with Crippen molar-refractivity contribution in [1.29, 1.82) is 0 Å². The van der Waals surface area contributed by atoms with Crippen LogP contribution >= 0.6 is 11.3 Å². The van der Waals surface area contributed by atoms with Crippen molar-refractivity contribution in [3.05, 3.63) is 63.3 Å². The van der Waals surface area contributed by atoms with Gasteiger partial charge in [0.25, 0.3) is 0 Å². The monoisotopic (exact) mass is 660 g/mol. The van der Waals surface area contributed by atoms with Crippen molar-refractivity contribution in [2.75, 3.05) is 34.1 Å². The molecule has 0 bridgehead atoms. The van der Waals surface area contributed by atoms with Crippen LogP contribution in [0.5, 0.6) is 28.7 Å². The Hall–Kier alpha value is -3.63. The van der Waals surface area contributed by atoms with Crippen LogP contribution in [0.25, 0.3) is 0 Å². The molecule has 8 rings (SSSR count). The summed E-state index contributed by atoms with van der Waals surface area (Å²) in [5.41, 5.74) is 1.32. The third kappa shape index (κ3) is 4.70. The SMILES string of the molecule is [2H]C1([2H])Oc2cc3c(cc2O1)[C@@H](O[C@@H]1O[C@H]2[C@@H](O[C@H](c4cccs4)OC2([2H])[2H])[C@H](O)[C@H]1O)[C@H]1COC(=O)[C@@H]1[C@@H]3c1cc(OC)c(O)c(OC)c1. The number of carbonyl (C=O) groups is 1. The average Bonchev–Trinajstić information content (AvgIpc) is 3.81. The van der Waals surface area contributed by atoms with Gasteiger partial charge in [-0.05, 0) is 52.4 Å². The van der Waals surface area contributed by atoms with E-state index >= 15 is 0 Å². The maximum Gasteiger partial charge on any atom is 0.310 e. The summed E-state index contributed by atoms with van der Waals surface area (Å²) in [7, 11) is 2.73. The Balaban J connectivity index is 1.20. The molecular weight excluding hydrogens is 624 g/mol. The smallest absolute Gasteiger partial charge is 0.310 e. The molecule has 0 spiro atoms. The number of methoxy groups -OCH3 is 2. The van der Waals surface area contributed by atoms with Crippen LogP contribution in [0.2, 0.25) is 0 Å². The molecule has 0 unspecified atom stereocenters. The Labute approximate surface area is 272 Å². The van der Waals surface area contributed by atoms with Gasteiger partial charge in [-0.15, -0.1) is 11.3 Å². The van der Waals surface area contributed by atoms with E-state index in [9.17, 15) is 20.1 Å². The molecule has 46 heavy (non-hydrogen) atoms. The predicted octanol–water partition coefficient (Wildman–Crippen LogP) is 2.75. The van der Waals surface area contributed by atoms with E-state index in [1.807, 2.05) is 0 Å². The van der Waals surface area contributed by atoms with Crippen LogP contribution in [0.4, 0.5) is 0 Å². The average molecular weight is 661 g/mol. The first-order valence-corrected chi connectivity index (χ1v) is 15.4. The fourth-order valence-corrected chi connectivity index (χ4v) is 7.54. The highest BCUT2D eigenvalue weighted by Crippen LogP contribution is 2.57. The lowest BCUT2D eigenvalue weighted by atomic mass is 9.66. The van der Waals surface area contributed by atoms with E-state index in [0.29, 0.717) is 21.6 Å². The summed E-state index contributed by atoms with van der Waals surface area (Å²) in [6, 6.07) is 9.58. The minimum Gasteiger partial charge on any atom is -0.502 e. The number of rotatable bonds is 6. The largest absolute Gasteiger partial charge is 0.502 e. The van der Waals surface area contributed by atoms with Crippen LogP contribution in [0.1, 0.15) is 45.4 Å². The lowest BCUT2D eigenvalue weighted by molar-refractivity contribution is -0.368. The number of aliphatic hydroxyl groups excluding tert-OH is 2. The first-order chi connectivity index (χ1) is 23.8. The van der Waals surface area contributed by atoms with Crippen molar-refractivity contribution >= 4 is 17.3 Å². The Morgan fingerprint density at radius 2 is 1.72 bits per heavy atom. The Kier molecular flexibility index (Phi) is 6.40. The number of ether oxygens (including phenoxy) is 9. The van der Waals surface area contributed by atoms with E-state index in [1.165, 1.54) is 37.7 Å². The highest BCUT2D eigenvalue weighted by molar-refractivity contribution is 7.10. The van der Waals surface area contributed by atoms with Crippen molar-refractivity contribution in [3.63, 3.8) is 0 Å². The molecule has 4 aliphatic heterocycles. The molecule has 3 fully saturated rings. The highest BCUT2D eigenvalue weighted by atomic mass is 32.1. The summed E-state index contributed by atoms with van der Waals surface area (Å²) < 4.78 is 84.6. The van der Waals surface area contributed by atoms with Crippen molar-refractivity contribution in [2.24, 2.45) is 11.8 Å². The molecule has 1 aliphatic carbocycles. The number of esters is 1.